The first-order valence-corrected chi connectivity index (χ1v) is 8.82. The molecule has 0 saturated carbocycles. The van der Waals surface area contributed by atoms with Gasteiger partial charge in [0.05, 0.1) is 5.56 Å². The van der Waals surface area contributed by atoms with Gasteiger partial charge in [0, 0.05) is 24.1 Å². The number of nitrogens with one attached hydrogen (secondary N) is 1. The van der Waals surface area contributed by atoms with Gasteiger partial charge >= 0.3 is 0 Å². The minimum atomic E-state index is -0.135. The van der Waals surface area contributed by atoms with Crippen LogP contribution < -0.4 is 10.2 Å². The number of amides is 1. The second kappa shape index (κ2) is 6.64. The summed E-state index contributed by atoms with van der Waals surface area (Å²) in [6, 6.07) is 18.0. The van der Waals surface area contributed by atoms with Crippen molar-refractivity contribution in [1.82, 2.24) is 4.98 Å². The van der Waals surface area contributed by atoms with Crippen molar-refractivity contribution in [1.29, 1.82) is 0 Å². The molecule has 2 aromatic carbocycles. The molecule has 4 rings (SSSR count). The second-order valence-corrected chi connectivity index (χ2v) is 6.68. The van der Waals surface area contributed by atoms with E-state index < -0.39 is 0 Å². The van der Waals surface area contributed by atoms with Gasteiger partial charge in [0.25, 0.3) is 5.91 Å². The number of hydrogen-bond acceptors (Lipinski definition) is 3. The molecule has 0 aliphatic carbocycles. The summed E-state index contributed by atoms with van der Waals surface area (Å²) in [5.41, 5.74) is 6.07. The van der Waals surface area contributed by atoms with Gasteiger partial charge in [-0.2, -0.15) is 0 Å². The van der Waals surface area contributed by atoms with Crippen LogP contribution in [0.3, 0.4) is 0 Å². The molecule has 1 aliphatic heterocycles. The van der Waals surface area contributed by atoms with Gasteiger partial charge in [0.1, 0.15) is 5.82 Å². The molecule has 0 radical (unpaired) electrons. The smallest absolute Gasteiger partial charge is 0.259 e. The third-order valence-electron chi connectivity index (χ3n) is 4.80. The summed E-state index contributed by atoms with van der Waals surface area (Å²) < 4.78 is 0. The van der Waals surface area contributed by atoms with Crippen molar-refractivity contribution < 1.29 is 4.79 Å². The van der Waals surface area contributed by atoms with Crippen LogP contribution in [0.5, 0.6) is 0 Å². The normalized spacial score (nSPS) is 12.8. The zero-order valence-corrected chi connectivity index (χ0v) is 15.0. The Kier molecular flexibility index (Phi) is 4.17. The van der Waals surface area contributed by atoms with Crippen LogP contribution >= 0.6 is 0 Å². The Bertz CT molecular complexity index is 981. The van der Waals surface area contributed by atoms with E-state index in [4.69, 9.17) is 0 Å². The molecule has 4 nitrogen and oxygen atoms in total. The number of aromatic nitrogens is 1. The number of anilines is 3. The number of nitrogens with zero attached hydrogens (tertiary/aromatic N) is 2. The highest BCUT2D eigenvalue weighted by atomic mass is 16.1. The minimum Gasteiger partial charge on any atom is -0.325 e. The Morgan fingerprint density at radius 1 is 1.08 bits per heavy atom. The van der Waals surface area contributed by atoms with Crippen LogP contribution in [0.2, 0.25) is 0 Å². The fraction of sp³-hybridized carbons (Fsp3) is 0.182. The third-order valence-corrected chi connectivity index (χ3v) is 4.80. The van der Waals surface area contributed by atoms with Gasteiger partial charge in [-0.3, -0.25) is 4.79 Å². The zero-order chi connectivity index (χ0) is 18.1. The van der Waals surface area contributed by atoms with Gasteiger partial charge < -0.3 is 10.2 Å². The molecule has 1 aromatic heterocycles. The molecule has 2 heterocycles. The number of pyridine rings is 1. The molecule has 0 unspecified atom stereocenters. The lowest BCUT2D eigenvalue weighted by Gasteiger charge is -2.21. The molecule has 0 bridgehead atoms. The first-order valence-electron chi connectivity index (χ1n) is 8.82. The molecule has 0 fully saturated rings. The van der Waals surface area contributed by atoms with Crippen molar-refractivity contribution in [2.45, 2.75) is 20.3 Å². The maximum absolute atomic E-state index is 13.0. The highest BCUT2D eigenvalue weighted by molar-refractivity contribution is 6.08. The van der Waals surface area contributed by atoms with Crippen LogP contribution in [-0.4, -0.2) is 17.4 Å². The van der Waals surface area contributed by atoms with Crippen molar-refractivity contribution in [2.24, 2.45) is 0 Å². The van der Waals surface area contributed by atoms with Crippen molar-refractivity contribution in [3.8, 4) is 0 Å². The number of aryl methyl sites for hydroxylation is 2. The lowest BCUT2D eigenvalue weighted by Crippen LogP contribution is -2.21. The minimum absolute atomic E-state index is 0.135. The first-order chi connectivity index (χ1) is 12.6. The maximum Gasteiger partial charge on any atom is 0.259 e. The van der Waals surface area contributed by atoms with Crippen molar-refractivity contribution in [3.63, 3.8) is 0 Å². The molecule has 130 valence electrons. The molecule has 3 aromatic rings. The predicted octanol–water partition coefficient (Wildman–Crippen LogP) is 4.64. The van der Waals surface area contributed by atoms with E-state index in [1.807, 2.05) is 44.2 Å². The lowest BCUT2D eigenvalue weighted by atomic mass is 10.1. The highest BCUT2D eigenvalue weighted by Gasteiger charge is 2.25. The zero-order valence-electron chi connectivity index (χ0n) is 15.0. The molecule has 0 saturated heterocycles. The second-order valence-electron chi connectivity index (χ2n) is 6.68. The topological polar surface area (TPSA) is 45.2 Å². The maximum atomic E-state index is 13.0. The van der Waals surface area contributed by atoms with Gasteiger partial charge in [-0.25, -0.2) is 4.98 Å². The van der Waals surface area contributed by atoms with Gasteiger partial charge in [-0.15, -0.1) is 0 Å². The Morgan fingerprint density at radius 2 is 1.92 bits per heavy atom. The third kappa shape index (κ3) is 2.94. The molecule has 4 heteroatoms. The van der Waals surface area contributed by atoms with E-state index >= 15 is 0 Å². The van der Waals surface area contributed by atoms with E-state index in [1.54, 1.807) is 6.20 Å². The highest BCUT2D eigenvalue weighted by Crippen LogP contribution is 2.35. The average molecular weight is 343 g/mol. The molecule has 1 aliphatic rings. The number of fused-ring (bicyclic) bond motifs is 1. The monoisotopic (exact) mass is 343 g/mol. The summed E-state index contributed by atoms with van der Waals surface area (Å²) >= 11 is 0. The molecule has 26 heavy (non-hydrogen) atoms. The summed E-state index contributed by atoms with van der Waals surface area (Å²) in [4.78, 5) is 19.6. The average Bonchev–Trinajstić information content (AvgIpc) is 3.08. The Labute approximate surface area is 153 Å². The molecule has 0 atom stereocenters. The fourth-order valence-corrected chi connectivity index (χ4v) is 3.49. The fourth-order valence-electron chi connectivity index (χ4n) is 3.49. The summed E-state index contributed by atoms with van der Waals surface area (Å²) in [7, 11) is 0. The van der Waals surface area contributed by atoms with E-state index in [-0.39, 0.29) is 5.91 Å². The van der Waals surface area contributed by atoms with Crippen LogP contribution in [0.25, 0.3) is 0 Å². The van der Waals surface area contributed by atoms with Crippen molar-refractivity contribution >= 4 is 23.1 Å². The standard InChI is InChI=1S/C22H21N3O/c1-15-9-10-19(16(2)14-15)24-22(26)18-7-5-12-23-21(18)25-13-11-17-6-3-4-8-20(17)25/h3-10,12,14H,11,13H2,1-2H3,(H,24,26). The largest absolute Gasteiger partial charge is 0.325 e. The van der Waals surface area contributed by atoms with Crippen LogP contribution in [0, 0.1) is 13.8 Å². The Hall–Kier alpha value is -3.14. The SMILES string of the molecule is Cc1ccc(NC(=O)c2cccnc2N2CCc3ccccc32)c(C)c1. The Balaban J connectivity index is 1.67. The molecule has 1 N–H and O–H groups in total. The molecule has 0 spiro atoms. The van der Waals surface area contributed by atoms with E-state index in [2.05, 4.69) is 39.5 Å². The number of benzene rings is 2. The lowest BCUT2D eigenvalue weighted by molar-refractivity contribution is 0.102. The quantitative estimate of drug-likeness (QED) is 0.753. The number of carbonyl (C=O) groups is 1. The van der Waals surface area contributed by atoms with E-state index in [9.17, 15) is 4.79 Å². The summed E-state index contributed by atoms with van der Waals surface area (Å²) in [6.45, 7) is 4.88. The van der Waals surface area contributed by atoms with Gasteiger partial charge in [-0.1, -0.05) is 35.9 Å². The number of para-hydroxylation sites is 1. The molecular weight excluding hydrogens is 322 g/mol. The Morgan fingerprint density at radius 3 is 2.77 bits per heavy atom. The van der Waals surface area contributed by atoms with Gasteiger partial charge in [-0.05, 0) is 55.7 Å². The predicted molar refractivity (Wildman–Crippen MR) is 105 cm³/mol. The summed E-state index contributed by atoms with van der Waals surface area (Å²) in [6.07, 6.45) is 2.70. The molecule has 1 amide bonds. The van der Waals surface area contributed by atoms with Crippen LogP contribution in [-0.2, 0) is 6.42 Å². The number of rotatable bonds is 3. The summed E-state index contributed by atoms with van der Waals surface area (Å²) in [5, 5.41) is 3.04. The van der Waals surface area contributed by atoms with E-state index in [0.29, 0.717) is 11.4 Å². The number of hydrogen-bond donors (Lipinski definition) is 1. The van der Waals surface area contributed by atoms with E-state index in [1.165, 1.54) is 11.1 Å². The van der Waals surface area contributed by atoms with Crippen LogP contribution in [0.4, 0.5) is 17.2 Å². The van der Waals surface area contributed by atoms with Crippen molar-refractivity contribution in [3.05, 3.63) is 83.0 Å². The van der Waals surface area contributed by atoms with Crippen LogP contribution in [0.1, 0.15) is 27.0 Å². The van der Waals surface area contributed by atoms with E-state index in [0.717, 1.165) is 29.9 Å². The van der Waals surface area contributed by atoms with Gasteiger partial charge in [0.15, 0.2) is 0 Å². The first kappa shape index (κ1) is 16.3. The molecular formula is C22H21N3O. The summed E-state index contributed by atoms with van der Waals surface area (Å²) in [5.74, 6) is 0.573. The number of carbonyl (C=O) groups excluding carboxylic acids is 1. The van der Waals surface area contributed by atoms with Crippen LogP contribution in [0.15, 0.2) is 60.8 Å². The van der Waals surface area contributed by atoms with Gasteiger partial charge in [0.2, 0.25) is 0 Å². The van der Waals surface area contributed by atoms with Crippen molar-refractivity contribution in [2.75, 3.05) is 16.8 Å².